The average Bonchev–Trinajstić information content (AvgIpc) is 2.72. The number of carbonyl (C=O) groups excluding carboxylic acids is 1. The van der Waals surface area contributed by atoms with E-state index in [1.165, 1.54) is 6.07 Å². The zero-order chi connectivity index (χ0) is 24.5. The van der Waals surface area contributed by atoms with Gasteiger partial charge in [0, 0.05) is 24.8 Å². The predicted molar refractivity (Wildman–Crippen MR) is 114 cm³/mol. The van der Waals surface area contributed by atoms with E-state index in [4.69, 9.17) is 9.90 Å². The van der Waals surface area contributed by atoms with Crippen LogP contribution in [0.1, 0.15) is 46.0 Å². The smallest absolute Gasteiger partial charge is 0.478 e. The molecule has 0 unspecified atom stereocenters. The third kappa shape index (κ3) is 8.29. The molecular formula is C22H25F3N2O5. The SMILES string of the molecule is CCCCN(C)c1ccc(NC(=O)c2ccc(C)cc2)cc1C(=O)O.O=C(O)C(F)(F)F. The highest BCUT2D eigenvalue weighted by atomic mass is 19.4. The van der Waals surface area contributed by atoms with Crippen LogP contribution < -0.4 is 10.2 Å². The van der Waals surface area contributed by atoms with Crippen molar-refractivity contribution in [2.45, 2.75) is 32.9 Å². The number of unbranched alkanes of at least 4 members (excludes halogenated alkanes) is 1. The number of aliphatic carboxylic acids is 1. The summed E-state index contributed by atoms with van der Waals surface area (Å²) < 4.78 is 31.7. The van der Waals surface area contributed by atoms with Gasteiger partial charge in [0.05, 0.1) is 11.3 Å². The number of alkyl halides is 3. The van der Waals surface area contributed by atoms with Crippen molar-refractivity contribution < 1.29 is 37.8 Å². The first-order valence-corrected chi connectivity index (χ1v) is 9.63. The lowest BCUT2D eigenvalue weighted by Gasteiger charge is -2.21. The van der Waals surface area contributed by atoms with Crippen molar-refractivity contribution in [3.05, 3.63) is 59.2 Å². The van der Waals surface area contributed by atoms with Crippen molar-refractivity contribution in [3.8, 4) is 0 Å². The van der Waals surface area contributed by atoms with Gasteiger partial charge in [-0.05, 0) is 43.7 Å². The normalized spacial score (nSPS) is 10.6. The summed E-state index contributed by atoms with van der Waals surface area (Å²) in [5.41, 5.74) is 2.90. The minimum Gasteiger partial charge on any atom is -0.478 e. The Morgan fingerprint density at radius 2 is 1.59 bits per heavy atom. The van der Waals surface area contributed by atoms with E-state index in [9.17, 15) is 27.9 Å². The monoisotopic (exact) mass is 454 g/mol. The van der Waals surface area contributed by atoms with Crippen LogP contribution in [-0.4, -0.2) is 47.8 Å². The van der Waals surface area contributed by atoms with Gasteiger partial charge in [-0.1, -0.05) is 31.0 Å². The molecule has 0 aliphatic heterocycles. The quantitative estimate of drug-likeness (QED) is 0.554. The molecule has 2 aromatic carbocycles. The standard InChI is InChI=1S/C20H24N2O3.C2HF3O2/c1-4-5-12-22(3)18-11-10-16(13-17(18)20(24)25)21-19(23)15-8-6-14(2)7-9-15;3-2(4,5)1(6)7/h6-11,13H,4-5,12H2,1-3H3,(H,21,23)(H,24,25);(H,6,7). The van der Waals surface area contributed by atoms with Gasteiger partial charge in [-0.25, -0.2) is 9.59 Å². The number of rotatable bonds is 7. The fourth-order valence-electron chi connectivity index (χ4n) is 2.54. The number of nitrogens with zero attached hydrogens (tertiary/aromatic N) is 1. The third-order valence-electron chi connectivity index (χ3n) is 4.30. The molecule has 32 heavy (non-hydrogen) atoms. The fraction of sp³-hybridized carbons (Fsp3) is 0.318. The van der Waals surface area contributed by atoms with Gasteiger partial charge in [0.1, 0.15) is 0 Å². The zero-order valence-electron chi connectivity index (χ0n) is 17.9. The molecular weight excluding hydrogens is 429 g/mol. The van der Waals surface area contributed by atoms with Crippen molar-refractivity contribution in [2.75, 3.05) is 23.8 Å². The molecule has 0 aromatic heterocycles. The Balaban J connectivity index is 0.000000633. The minimum absolute atomic E-state index is 0.181. The number of aromatic carboxylic acids is 1. The molecule has 0 heterocycles. The molecule has 3 N–H and O–H groups in total. The number of anilines is 2. The summed E-state index contributed by atoms with van der Waals surface area (Å²) in [6.07, 6.45) is -3.06. The second-order valence-electron chi connectivity index (χ2n) is 6.94. The van der Waals surface area contributed by atoms with Crippen LogP contribution in [0, 0.1) is 6.92 Å². The van der Waals surface area contributed by atoms with Gasteiger partial charge in [0.2, 0.25) is 0 Å². The Morgan fingerprint density at radius 3 is 2.06 bits per heavy atom. The lowest BCUT2D eigenvalue weighted by Crippen LogP contribution is -2.21. The maximum Gasteiger partial charge on any atom is 0.490 e. The summed E-state index contributed by atoms with van der Waals surface area (Å²) in [7, 11) is 1.88. The summed E-state index contributed by atoms with van der Waals surface area (Å²) in [5.74, 6) is -4.03. The van der Waals surface area contributed by atoms with E-state index < -0.39 is 18.1 Å². The minimum atomic E-state index is -5.08. The molecule has 0 fully saturated rings. The maximum atomic E-state index is 12.3. The Bertz CT molecular complexity index is 944. The first-order valence-electron chi connectivity index (χ1n) is 9.63. The molecule has 0 aliphatic rings. The number of carboxylic acid groups (broad SMARTS) is 2. The van der Waals surface area contributed by atoms with E-state index in [1.807, 2.05) is 31.0 Å². The van der Waals surface area contributed by atoms with Crippen LogP contribution in [0.2, 0.25) is 0 Å². The van der Waals surface area contributed by atoms with Crippen LogP contribution in [0.15, 0.2) is 42.5 Å². The number of hydrogen-bond acceptors (Lipinski definition) is 4. The highest BCUT2D eigenvalue weighted by molar-refractivity contribution is 6.05. The Hall–Kier alpha value is -3.56. The molecule has 0 saturated heterocycles. The fourth-order valence-corrected chi connectivity index (χ4v) is 2.54. The highest BCUT2D eigenvalue weighted by Gasteiger charge is 2.38. The van der Waals surface area contributed by atoms with Crippen LogP contribution in [0.25, 0.3) is 0 Å². The summed E-state index contributed by atoms with van der Waals surface area (Å²) >= 11 is 0. The zero-order valence-corrected chi connectivity index (χ0v) is 17.9. The topological polar surface area (TPSA) is 107 Å². The first-order chi connectivity index (χ1) is 14.9. The van der Waals surface area contributed by atoms with Gasteiger partial charge in [-0.15, -0.1) is 0 Å². The Labute approximate surface area is 183 Å². The van der Waals surface area contributed by atoms with Crippen LogP contribution in [0.3, 0.4) is 0 Å². The second-order valence-corrected chi connectivity index (χ2v) is 6.94. The molecule has 0 aliphatic carbocycles. The van der Waals surface area contributed by atoms with Crippen LogP contribution in [0.4, 0.5) is 24.5 Å². The van der Waals surface area contributed by atoms with Crippen molar-refractivity contribution >= 4 is 29.2 Å². The largest absolute Gasteiger partial charge is 0.490 e. The third-order valence-corrected chi connectivity index (χ3v) is 4.30. The Kier molecular flexibility index (Phi) is 9.70. The molecule has 0 saturated carbocycles. The molecule has 0 bridgehead atoms. The van der Waals surface area contributed by atoms with Crippen LogP contribution in [0.5, 0.6) is 0 Å². The summed E-state index contributed by atoms with van der Waals surface area (Å²) in [6, 6.07) is 12.2. The predicted octanol–water partition coefficient (Wildman–Crippen LogP) is 4.82. The highest BCUT2D eigenvalue weighted by Crippen LogP contribution is 2.24. The van der Waals surface area contributed by atoms with E-state index in [1.54, 1.807) is 24.3 Å². The molecule has 174 valence electrons. The number of aryl methyl sites for hydroxylation is 1. The average molecular weight is 454 g/mol. The number of carbonyl (C=O) groups is 3. The second kappa shape index (κ2) is 11.7. The van der Waals surface area contributed by atoms with Gasteiger partial charge in [0.25, 0.3) is 5.91 Å². The summed E-state index contributed by atoms with van der Waals surface area (Å²) in [4.78, 5) is 34.7. The molecule has 7 nitrogen and oxygen atoms in total. The number of hydrogen-bond donors (Lipinski definition) is 3. The molecule has 1 amide bonds. The van der Waals surface area contributed by atoms with Gasteiger partial charge >= 0.3 is 18.1 Å². The Morgan fingerprint density at radius 1 is 1.03 bits per heavy atom. The number of halogens is 3. The van der Waals surface area contributed by atoms with Crippen molar-refractivity contribution in [1.29, 1.82) is 0 Å². The molecule has 10 heteroatoms. The van der Waals surface area contributed by atoms with E-state index in [0.717, 1.165) is 24.9 Å². The van der Waals surface area contributed by atoms with Gasteiger partial charge in [0.15, 0.2) is 0 Å². The van der Waals surface area contributed by atoms with E-state index >= 15 is 0 Å². The molecule has 0 atom stereocenters. The number of amides is 1. The molecule has 0 spiro atoms. The lowest BCUT2D eigenvalue weighted by atomic mass is 10.1. The van der Waals surface area contributed by atoms with E-state index in [0.29, 0.717) is 16.9 Å². The van der Waals surface area contributed by atoms with E-state index in [-0.39, 0.29) is 11.5 Å². The van der Waals surface area contributed by atoms with Gasteiger partial charge < -0.3 is 20.4 Å². The summed E-state index contributed by atoms with van der Waals surface area (Å²) in [6.45, 7) is 4.83. The van der Waals surface area contributed by atoms with Crippen LogP contribution >= 0.6 is 0 Å². The van der Waals surface area contributed by atoms with Gasteiger partial charge in [-0.3, -0.25) is 4.79 Å². The van der Waals surface area contributed by atoms with Crippen molar-refractivity contribution in [3.63, 3.8) is 0 Å². The van der Waals surface area contributed by atoms with Crippen LogP contribution in [-0.2, 0) is 4.79 Å². The number of carboxylic acids is 2. The first kappa shape index (κ1) is 26.5. The molecule has 0 radical (unpaired) electrons. The number of nitrogens with one attached hydrogen (secondary N) is 1. The summed E-state index contributed by atoms with van der Waals surface area (Å²) in [5, 5.41) is 19.4. The number of benzene rings is 2. The van der Waals surface area contributed by atoms with E-state index in [2.05, 4.69) is 12.2 Å². The maximum absolute atomic E-state index is 12.3. The van der Waals surface area contributed by atoms with Gasteiger partial charge in [-0.2, -0.15) is 13.2 Å². The molecule has 2 rings (SSSR count). The van der Waals surface area contributed by atoms with Crippen molar-refractivity contribution in [1.82, 2.24) is 0 Å². The van der Waals surface area contributed by atoms with Crippen molar-refractivity contribution in [2.24, 2.45) is 0 Å². The molecule has 2 aromatic rings. The lowest BCUT2D eigenvalue weighted by molar-refractivity contribution is -0.192.